The number of hydrogen-bond donors (Lipinski definition) is 3. The van der Waals surface area contributed by atoms with Crippen LogP contribution in [0.5, 0.6) is 0 Å². The van der Waals surface area contributed by atoms with E-state index in [1.54, 1.807) is 0 Å². The number of aryl methyl sites for hydroxylation is 2. The summed E-state index contributed by atoms with van der Waals surface area (Å²) >= 11 is 0. The number of aliphatic hydroxyl groups excluding tert-OH is 1. The van der Waals surface area contributed by atoms with Gasteiger partial charge in [0.1, 0.15) is 0 Å². The molecule has 2 rings (SSSR count). The van der Waals surface area contributed by atoms with Crippen LogP contribution in [0.1, 0.15) is 36.8 Å². The van der Waals surface area contributed by atoms with Crippen molar-refractivity contribution in [3.63, 3.8) is 0 Å². The van der Waals surface area contributed by atoms with E-state index in [0.29, 0.717) is 0 Å². The Labute approximate surface area is 114 Å². The molecule has 2 unspecified atom stereocenters. The van der Waals surface area contributed by atoms with Gasteiger partial charge in [-0.15, -0.1) is 0 Å². The van der Waals surface area contributed by atoms with E-state index in [9.17, 15) is 9.90 Å². The largest absolute Gasteiger partial charge is 0.391 e. The number of carbonyl (C=O) groups excluding carboxylic acids is 1. The van der Waals surface area contributed by atoms with Gasteiger partial charge in [-0.2, -0.15) is 0 Å². The normalized spacial score (nSPS) is 22.9. The zero-order valence-electron chi connectivity index (χ0n) is 11.6. The molecule has 3 N–H and O–H groups in total. The molecular formula is C15H22N2O2. The summed E-state index contributed by atoms with van der Waals surface area (Å²) in [6.07, 6.45) is 3.30. The minimum absolute atomic E-state index is 0.126. The Kier molecular flexibility index (Phi) is 4.43. The van der Waals surface area contributed by atoms with Gasteiger partial charge in [-0.1, -0.05) is 25.0 Å². The Morgan fingerprint density at radius 1 is 1.26 bits per heavy atom. The Morgan fingerprint density at radius 3 is 2.74 bits per heavy atom. The molecule has 0 saturated heterocycles. The van der Waals surface area contributed by atoms with Crippen LogP contribution in [0.4, 0.5) is 10.5 Å². The highest BCUT2D eigenvalue weighted by molar-refractivity contribution is 5.90. The number of urea groups is 1. The molecule has 19 heavy (non-hydrogen) atoms. The first-order chi connectivity index (χ1) is 9.06. The molecule has 1 saturated carbocycles. The summed E-state index contributed by atoms with van der Waals surface area (Å²) in [7, 11) is 0. The predicted octanol–water partition coefficient (Wildman–Crippen LogP) is 2.73. The quantitative estimate of drug-likeness (QED) is 0.767. The van der Waals surface area contributed by atoms with E-state index in [1.807, 2.05) is 32.0 Å². The van der Waals surface area contributed by atoms with Crippen LogP contribution in [0.15, 0.2) is 18.2 Å². The van der Waals surface area contributed by atoms with Gasteiger partial charge < -0.3 is 15.7 Å². The van der Waals surface area contributed by atoms with Crippen LogP contribution in [0, 0.1) is 13.8 Å². The fraction of sp³-hybridized carbons (Fsp3) is 0.533. The molecule has 0 aromatic heterocycles. The highest BCUT2D eigenvalue weighted by Crippen LogP contribution is 2.19. The lowest BCUT2D eigenvalue weighted by molar-refractivity contribution is 0.0955. The van der Waals surface area contributed by atoms with E-state index < -0.39 is 6.10 Å². The van der Waals surface area contributed by atoms with E-state index >= 15 is 0 Å². The van der Waals surface area contributed by atoms with Gasteiger partial charge in [-0.25, -0.2) is 4.79 Å². The molecule has 1 aromatic rings. The molecule has 0 heterocycles. The van der Waals surface area contributed by atoms with Crippen LogP contribution in [0.3, 0.4) is 0 Å². The minimum Gasteiger partial charge on any atom is -0.391 e. The first kappa shape index (κ1) is 13.9. The predicted molar refractivity (Wildman–Crippen MR) is 76.3 cm³/mol. The van der Waals surface area contributed by atoms with E-state index in [1.165, 1.54) is 0 Å². The van der Waals surface area contributed by atoms with Crippen molar-refractivity contribution in [1.82, 2.24) is 5.32 Å². The van der Waals surface area contributed by atoms with E-state index in [4.69, 9.17) is 0 Å². The van der Waals surface area contributed by atoms with Crippen LogP contribution < -0.4 is 10.6 Å². The second-order valence-corrected chi connectivity index (χ2v) is 5.38. The molecule has 1 aliphatic rings. The summed E-state index contributed by atoms with van der Waals surface area (Å²) in [5.74, 6) is 0. The molecule has 104 valence electrons. The average Bonchev–Trinajstić information content (AvgIpc) is 2.37. The lowest BCUT2D eigenvalue weighted by Crippen LogP contribution is -2.46. The molecule has 4 nitrogen and oxygen atoms in total. The number of nitrogens with one attached hydrogen (secondary N) is 2. The SMILES string of the molecule is Cc1ccc(C)c(NC(=O)NC2CCCCC2O)c1. The van der Waals surface area contributed by atoms with Crippen molar-refractivity contribution in [2.24, 2.45) is 0 Å². The summed E-state index contributed by atoms with van der Waals surface area (Å²) < 4.78 is 0. The molecule has 1 fully saturated rings. The standard InChI is InChI=1S/C15H22N2O2/c1-10-7-8-11(2)13(9-10)17-15(19)16-12-5-3-4-6-14(12)18/h7-9,12,14,18H,3-6H2,1-2H3,(H2,16,17,19). The summed E-state index contributed by atoms with van der Waals surface area (Å²) in [6.45, 7) is 3.96. The van der Waals surface area contributed by atoms with Crippen molar-refractivity contribution in [1.29, 1.82) is 0 Å². The van der Waals surface area contributed by atoms with Gasteiger partial charge in [0, 0.05) is 5.69 Å². The number of carbonyl (C=O) groups is 1. The van der Waals surface area contributed by atoms with Crippen molar-refractivity contribution >= 4 is 11.7 Å². The molecule has 4 heteroatoms. The third-order valence-corrected chi connectivity index (χ3v) is 3.69. The Bertz CT molecular complexity index is 459. The Morgan fingerprint density at radius 2 is 2.00 bits per heavy atom. The molecular weight excluding hydrogens is 240 g/mol. The monoisotopic (exact) mass is 262 g/mol. The van der Waals surface area contributed by atoms with Gasteiger partial charge >= 0.3 is 6.03 Å². The molecule has 0 radical (unpaired) electrons. The molecule has 0 bridgehead atoms. The summed E-state index contributed by atoms with van der Waals surface area (Å²) in [6, 6.07) is 5.59. The van der Waals surface area contributed by atoms with Gasteiger partial charge in [-0.05, 0) is 43.9 Å². The lowest BCUT2D eigenvalue weighted by atomic mass is 9.93. The van der Waals surface area contributed by atoms with Crippen molar-refractivity contribution in [3.05, 3.63) is 29.3 Å². The highest BCUT2D eigenvalue weighted by Gasteiger charge is 2.24. The maximum atomic E-state index is 12.0. The smallest absolute Gasteiger partial charge is 0.319 e. The lowest BCUT2D eigenvalue weighted by Gasteiger charge is -2.28. The van der Waals surface area contributed by atoms with Gasteiger partial charge in [0.05, 0.1) is 12.1 Å². The van der Waals surface area contributed by atoms with Crippen LogP contribution in [-0.2, 0) is 0 Å². The third-order valence-electron chi connectivity index (χ3n) is 3.69. The molecule has 2 atom stereocenters. The fourth-order valence-electron chi connectivity index (χ4n) is 2.48. The first-order valence-corrected chi connectivity index (χ1v) is 6.89. The summed E-state index contributed by atoms with van der Waals surface area (Å²) in [5, 5.41) is 15.6. The Balaban J connectivity index is 1.95. The van der Waals surface area contributed by atoms with Gasteiger partial charge in [0.25, 0.3) is 0 Å². The Hall–Kier alpha value is -1.55. The second-order valence-electron chi connectivity index (χ2n) is 5.38. The van der Waals surface area contributed by atoms with Crippen molar-refractivity contribution in [3.8, 4) is 0 Å². The molecule has 0 aliphatic heterocycles. The molecule has 0 spiro atoms. The molecule has 1 aromatic carbocycles. The third kappa shape index (κ3) is 3.70. The number of rotatable bonds is 2. The van der Waals surface area contributed by atoms with Crippen molar-refractivity contribution < 1.29 is 9.90 Å². The first-order valence-electron chi connectivity index (χ1n) is 6.89. The highest BCUT2D eigenvalue weighted by atomic mass is 16.3. The summed E-state index contributed by atoms with van der Waals surface area (Å²) in [4.78, 5) is 12.0. The minimum atomic E-state index is -0.418. The van der Waals surface area contributed by atoms with Gasteiger partial charge in [0.15, 0.2) is 0 Å². The van der Waals surface area contributed by atoms with Crippen molar-refractivity contribution in [2.75, 3.05) is 5.32 Å². The van der Waals surface area contributed by atoms with E-state index in [2.05, 4.69) is 10.6 Å². The maximum Gasteiger partial charge on any atom is 0.319 e. The number of anilines is 1. The topological polar surface area (TPSA) is 61.4 Å². The van der Waals surface area contributed by atoms with Crippen LogP contribution in [0.2, 0.25) is 0 Å². The number of aliphatic hydroxyl groups is 1. The average molecular weight is 262 g/mol. The zero-order valence-corrected chi connectivity index (χ0v) is 11.6. The summed E-state index contributed by atoms with van der Waals surface area (Å²) in [5.41, 5.74) is 2.96. The van der Waals surface area contributed by atoms with Crippen LogP contribution >= 0.6 is 0 Å². The molecule has 1 aliphatic carbocycles. The second kappa shape index (κ2) is 6.06. The number of hydrogen-bond acceptors (Lipinski definition) is 2. The van der Waals surface area contributed by atoms with E-state index in [0.717, 1.165) is 42.5 Å². The van der Waals surface area contributed by atoms with Crippen molar-refractivity contribution in [2.45, 2.75) is 51.7 Å². The fourth-order valence-corrected chi connectivity index (χ4v) is 2.48. The van der Waals surface area contributed by atoms with Crippen LogP contribution in [0.25, 0.3) is 0 Å². The maximum absolute atomic E-state index is 12.0. The van der Waals surface area contributed by atoms with Crippen LogP contribution in [-0.4, -0.2) is 23.3 Å². The number of amides is 2. The van der Waals surface area contributed by atoms with Gasteiger partial charge in [0.2, 0.25) is 0 Å². The number of benzene rings is 1. The zero-order chi connectivity index (χ0) is 13.8. The molecule has 2 amide bonds. The van der Waals surface area contributed by atoms with Gasteiger partial charge in [-0.3, -0.25) is 0 Å². The van der Waals surface area contributed by atoms with E-state index in [-0.39, 0.29) is 12.1 Å².